The van der Waals surface area contributed by atoms with E-state index in [1.54, 1.807) is 6.92 Å². The predicted molar refractivity (Wildman–Crippen MR) is 77.6 cm³/mol. The Hall–Kier alpha value is -1.67. The van der Waals surface area contributed by atoms with Gasteiger partial charge in [-0.25, -0.2) is 9.18 Å². The van der Waals surface area contributed by atoms with Gasteiger partial charge >= 0.3 is 13.1 Å². The van der Waals surface area contributed by atoms with Crippen LogP contribution in [-0.2, 0) is 14.0 Å². The second-order valence-electron chi connectivity index (χ2n) is 5.95. The number of aromatic nitrogens is 1. The Kier molecular flexibility index (Phi) is 4.44. The fraction of sp³-hybridized carbons (Fsp3) is 0.571. The van der Waals surface area contributed by atoms with Crippen LogP contribution in [0.25, 0.3) is 6.08 Å². The first-order valence-corrected chi connectivity index (χ1v) is 7.03. The minimum atomic E-state index is -1.12. The van der Waals surface area contributed by atoms with Crippen LogP contribution in [0, 0.1) is 0 Å². The van der Waals surface area contributed by atoms with Crippen molar-refractivity contribution in [3.05, 3.63) is 23.2 Å². The van der Waals surface area contributed by atoms with E-state index in [-0.39, 0.29) is 18.1 Å². The number of carbonyl (C=O) groups is 1. The Labute approximate surface area is 128 Å². The molecule has 1 fully saturated rings. The maximum Gasteiger partial charge on any atom is 0.525 e. The molecule has 1 aliphatic heterocycles. The fourth-order valence-electron chi connectivity index (χ4n) is 1.82. The minimum absolute atomic E-state index is 0.0187. The quantitative estimate of drug-likeness (QED) is 0.629. The number of carbonyl (C=O) groups excluding carboxylic acids is 1. The van der Waals surface area contributed by atoms with Crippen LogP contribution in [0.3, 0.4) is 0 Å². The van der Waals surface area contributed by atoms with E-state index in [0.29, 0.717) is 0 Å². The molecule has 1 aliphatic rings. The lowest BCUT2D eigenvalue weighted by Gasteiger charge is -2.32. The molecule has 0 amide bonds. The van der Waals surface area contributed by atoms with E-state index >= 15 is 0 Å². The molecule has 1 saturated heterocycles. The summed E-state index contributed by atoms with van der Waals surface area (Å²) in [5.41, 5.74) is -1.96. The Morgan fingerprint density at radius 3 is 2.50 bits per heavy atom. The molecule has 0 spiro atoms. The van der Waals surface area contributed by atoms with E-state index in [1.165, 1.54) is 6.07 Å². The summed E-state index contributed by atoms with van der Waals surface area (Å²) < 4.78 is 35.1. The monoisotopic (exact) mass is 311 g/mol. The van der Waals surface area contributed by atoms with Crippen molar-refractivity contribution in [1.29, 1.82) is 0 Å². The van der Waals surface area contributed by atoms with Crippen molar-refractivity contribution in [2.45, 2.75) is 45.8 Å². The number of ether oxygens (including phenoxy) is 1. The van der Waals surface area contributed by atoms with Crippen LogP contribution >= 0.6 is 0 Å². The first-order valence-electron chi connectivity index (χ1n) is 7.03. The zero-order valence-corrected chi connectivity index (χ0v) is 13.3. The largest absolute Gasteiger partial charge is 0.525 e. The summed E-state index contributed by atoms with van der Waals surface area (Å²) in [6.45, 7) is 9.21. The van der Waals surface area contributed by atoms with Crippen molar-refractivity contribution in [2.24, 2.45) is 0 Å². The van der Waals surface area contributed by atoms with Crippen LogP contribution < -0.4 is 0 Å². The van der Waals surface area contributed by atoms with Crippen LogP contribution in [0.1, 0.15) is 50.9 Å². The smallest absolute Gasteiger partial charge is 0.461 e. The van der Waals surface area contributed by atoms with E-state index in [1.807, 2.05) is 27.7 Å². The topological polar surface area (TPSA) is 70.8 Å². The highest BCUT2D eigenvalue weighted by molar-refractivity contribution is 6.54. The van der Waals surface area contributed by atoms with Crippen molar-refractivity contribution in [3.63, 3.8) is 0 Å². The number of esters is 1. The fourth-order valence-corrected chi connectivity index (χ4v) is 1.82. The molecule has 2 heterocycles. The summed E-state index contributed by atoms with van der Waals surface area (Å²) in [7, 11) is -1.12. The van der Waals surface area contributed by atoms with Gasteiger partial charge in [0.05, 0.1) is 17.8 Å². The third-order valence-electron chi connectivity index (χ3n) is 3.77. The molecule has 120 valence electrons. The molecule has 0 bridgehead atoms. The average molecular weight is 311 g/mol. The number of halogens is 1. The Morgan fingerprint density at radius 2 is 1.95 bits per heavy atom. The molecule has 6 nitrogen and oxygen atoms in total. The van der Waals surface area contributed by atoms with Crippen LogP contribution in [-0.4, -0.2) is 36.1 Å². The lowest BCUT2D eigenvalue weighted by molar-refractivity contribution is 0.00578. The molecule has 0 N–H and O–H groups in total. The Bertz CT molecular complexity index is 580. The van der Waals surface area contributed by atoms with Crippen molar-refractivity contribution in [1.82, 2.24) is 5.16 Å². The molecule has 0 radical (unpaired) electrons. The molecule has 0 unspecified atom stereocenters. The number of rotatable bonds is 4. The molecule has 22 heavy (non-hydrogen) atoms. The third kappa shape index (κ3) is 3.22. The SMILES string of the molecule is CCOC(=O)c1cc(C=C(F)B2OC(C)(C)C(C)(C)O2)on1. The highest BCUT2D eigenvalue weighted by Crippen LogP contribution is 2.39. The van der Waals surface area contributed by atoms with Gasteiger partial charge in [0.25, 0.3) is 0 Å². The van der Waals surface area contributed by atoms with E-state index < -0.39 is 30.0 Å². The van der Waals surface area contributed by atoms with Crippen LogP contribution in [0.4, 0.5) is 4.39 Å². The molecule has 1 aromatic rings. The number of nitrogens with zero attached hydrogens (tertiary/aromatic N) is 1. The van der Waals surface area contributed by atoms with Gasteiger partial charge in [0, 0.05) is 12.1 Å². The predicted octanol–water partition coefficient (Wildman–Crippen LogP) is 2.79. The minimum Gasteiger partial charge on any atom is -0.461 e. The second-order valence-corrected chi connectivity index (χ2v) is 5.95. The molecule has 0 atom stereocenters. The van der Waals surface area contributed by atoms with Crippen molar-refractivity contribution >= 4 is 19.2 Å². The molecule has 0 aliphatic carbocycles. The Balaban J connectivity index is 2.12. The lowest BCUT2D eigenvalue weighted by atomic mass is 9.87. The molecule has 8 heteroatoms. The number of hydrogen-bond donors (Lipinski definition) is 0. The van der Waals surface area contributed by atoms with E-state index in [2.05, 4.69) is 5.16 Å². The van der Waals surface area contributed by atoms with E-state index in [0.717, 1.165) is 6.08 Å². The second kappa shape index (κ2) is 5.85. The van der Waals surface area contributed by atoms with Gasteiger partial charge in [0.1, 0.15) is 5.73 Å². The summed E-state index contributed by atoms with van der Waals surface area (Å²) in [5.74, 6) is -0.544. The molecule has 2 rings (SSSR count). The zero-order chi connectivity index (χ0) is 16.5. The maximum atomic E-state index is 14.2. The van der Waals surface area contributed by atoms with Gasteiger partial charge in [0.15, 0.2) is 11.5 Å². The zero-order valence-electron chi connectivity index (χ0n) is 13.3. The number of hydrogen-bond acceptors (Lipinski definition) is 6. The van der Waals surface area contributed by atoms with Crippen molar-refractivity contribution in [2.75, 3.05) is 6.61 Å². The average Bonchev–Trinajstić information content (AvgIpc) is 2.93. The standard InChI is InChI=1S/C14H19BFNO5/c1-6-19-12(18)10-7-9(20-17-10)8-11(16)15-21-13(2,3)14(4,5)22-15/h7-8H,6H2,1-5H3. The summed E-state index contributed by atoms with van der Waals surface area (Å²) in [5, 5.41) is 3.53. The first kappa shape index (κ1) is 16.7. The van der Waals surface area contributed by atoms with Crippen LogP contribution in [0.2, 0.25) is 0 Å². The van der Waals surface area contributed by atoms with E-state index in [9.17, 15) is 9.18 Å². The van der Waals surface area contributed by atoms with Crippen LogP contribution in [0.15, 0.2) is 16.3 Å². The van der Waals surface area contributed by atoms with Gasteiger partial charge in [-0.15, -0.1) is 0 Å². The van der Waals surface area contributed by atoms with Gasteiger partial charge < -0.3 is 18.6 Å². The maximum absolute atomic E-state index is 14.2. The summed E-state index contributed by atoms with van der Waals surface area (Å²) in [6, 6.07) is 1.29. The van der Waals surface area contributed by atoms with Gasteiger partial charge in [-0.1, -0.05) is 5.16 Å². The van der Waals surface area contributed by atoms with Crippen molar-refractivity contribution in [3.8, 4) is 0 Å². The van der Waals surface area contributed by atoms with Gasteiger partial charge in [-0.2, -0.15) is 0 Å². The Morgan fingerprint density at radius 1 is 1.36 bits per heavy atom. The molecule has 0 saturated carbocycles. The van der Waals surface area contributed by atoms with Gasteiger partial charge in [-0.3, -0.25) is 0 Å². The van der Waals surface area contributed by atoms with Gasteiger partial charge in [0.2, 0.25) is 0 Å². The molecular weight excluding hydrogens is 292 g/mol. The molecule has 0 aromatic carbocycles. The normalized spacial score (nSPS) is 20.3. The van der Waals surface area contributed by atoms with Gasteiger partial charge in [-0.05, 0) is 34.6 Å². The third-order valence-corrected chi connectivity index (χ3v) is 3.77. The highest BCUT2D eigenvalue weighted by Gasteiger charge is 2.53. The molecular formula is C14H19BFNO5. The summed E-state index contributed by atoms with van der Waals surface area (Å²) in [6.07, 6.45) is 1.08. The summed E-state index contributed by atoms with van der Waals surface area (Å²) in [4.78, 5) is 11.5. The van der Waals surface area contributed by atoms with E-state index in [4.69, 9.17) is 18.6 Å². The van der Waals surface area contributed by atoms with Crippen molar-refractivity contribution < 1.29 is 27.8 Å². The lowest BCUT2D eigenvalue weighted by Crippen LogP contribution is -2.41. The summed E-state index contributed by atoms with van der Waals surface area (Å²) >= 11 is 0. The van der Waals surface area contributed by atoms with Crippen LogP contribution in [0.5, 0.6) is 0 Å². The first-order chi connectivity index (χ1) is 10.2. The molecule has 1 aromatic heterocycles. The highest BCUT2D eigenvalue weighted by atomic mass is 19.1.